The highest BCUT2D eigenvalue weighted by atomic mass is 35.5. The molecule has 0 bridgehead atoms. The molecule has 1 heterocycles. The molecule has 1 N–H and O–H groups in total. The maximum absolute atomic E-state index is 12.2. The summed E-state index contributed by atoms with van der Waals surface area (Å²) in [5.41, 5.74) is 2.54. The molecule has 8 heteroatoms. The van der Waals surface area contributed by atoms with Crippen LogP contribution >= 0.6 is 35.0 Å². The summed E-state index contributed by atoms with van der Waals surface area (Å²) < 4.78 is 1.84. The molecule has 0 saturated carbocycles. The number of hydrogen-bond acceptors (Lipinski definition) is 4. The molecule has 0 aliphatic heterocycles. The fourth-order valence-electron chi connectivity index (χ4n) is 2.36. The van der Waals surface area contributed by atoms with Crippen LogP contribution in [0.3, 0.4) is 0 Å². The van der Waals surface area contributed by atoms with Crippen LogP contribution in [0.1, 0.15) is 5.56 Å². The molecular weight excluding hydrogens is 391 g/mol. The molecule has 0 unspecified atom stereocenters. The second kappa shape index (κ2) is 8.12. The van der Waals surface area contributed by atoms with Gasteiger partial charge in [0.25, 0.3) is 0 Å². The van der Waals surface area contributed by atoms with E-state index in [9.17, 15) is 4.79 Å². The van der Waals surface area contributed by atoms with Crippen molar-refractivity contribution in [2.24, 2.45) is 7.05 Å². The molecule has 2 aromatic carbocycles. The standard InChI is InChI=1S/C18H16Cl2N4OS/c1-11-6-7-14(20)9-15(11)21-16(25)10-26-18-23-22-17(24(18)2)12-4-3-5-13(19)8-12/h3-9H,10H2,1-2H3,(H,21,25). The third-order valence-corrected chi connectivity index (χ3v) is 5.21. The van der Waals surface area contributed by atoms with Gasteiger partial charge in [0.1, 0.15) is 0 Å². The van der Waals surface area contributed by atoms with Gasteiger partial charge in [0.15, 0.2) is 11.0 Å². The molecule has 0 fully saturated rings. The second-order valence-electron chi connectivity index (χ2n) is 5.67. The third kappa shape index (κ3) is 4.38. The minimum absolute atomic E-state index is 0.132. The van der Waals surface area contributed by atoms with E-state index in [1.54, 1.807) is 18.2 Å². The van der Waals surface area contributed by atoms with Gasteiger partial charge in [0, 0.05) is 28.3 Å². The number of rotatable bonds is 5. The van der Waals surface area contributed by atoms with Crippen LogP contribution in [0, 0.1) is 6.92 Å². The largest absolute Gasteiger partial charge is 0.325 e. The Morgan fingerprint density at radius 1 is 1.15 bits per heavy atom. The summed E-state index contributed by atoms with van der Waals surface area (Å²) in [6.45, 7) is 1.92. The van der Waals surface area contributed by atoms with Crippen LogP contribution in [-0.2, 0) is 11.8 Å². The van der Waals surface area contributed by atoms with Crippen LogP contribution in [0.4, 0.5) is 5.69 Å². The molecule has 0 aliphatic carbocycles. The predicted octanol–water partition coefficient (Wildman–Crippen LogP) is 4.83. The van der Waals surface area contributed by atoms with Crippen molar-refractivity contribution in [3.63, 3.8) is 0 Å². The Bertz CT molecular complexity index is 958. The average molecular weight is 407 g/mol. The first-order chi connectivity index (χ1) is 12.4. The van der Waals surface area contributed by atoms with Crippen molar-refractivity contribution in [3.05, 3.63) is 58.1 Å². The van der Waals surface area contributed by atoms with Gasteiger partial charge in [0.2, 0.25) is 5.91 Å². The SMILES string of the molecule is Cc1ccc(Cl)cc1NC(=O)CSc1nnc(-c2cccc(Cl)c2)n1C. The number of aryl methyl sites for hydroxylation is 1. The number of nitrogens with zero attached hydrogens (tertiary/aromatic N) is 3. The number of benzene rings is 2. The summed E-state index contributed by atoms with van der Waals surface area (Å²) >= 11 is 13.3. The Hall–Kier alpha value is -2.02. The van der Waals surface area contributed by atoms with Crippen molar-refractivity contribution in [2.45, 2.75) is 12.1 Å². The van der Waals surface area contributed by atoms with Crippen LogP contribution < -0.4 is 5.32 Å². The van der Waals surface area contributed by atoms with E-state index in [1.807, 2.05) is 42.8 Å². The fraction of sp³-hybridized carbons (Fsp3) is 0.167. The Labute approximate surface area is 165 Å². The quantitative estimate of drug-likeness (QED) is 0.616. The van der Waals surface area contributed by atoms with Crippen LogP contribution in [-0.4, -0.2) is 26.4 Å². The first kappa shape index (κ1) is 18.8. The third-order valence-electron chi connectivity index (χ3n) is 3.72. The van der Waals surface area contributed by atoms with Crippen LogP contribution in [0.2, 0.25) is 10.0 Å². The van der Waals surface area contributed by atoms with Gasteiger partial charge in [-0.3, -0.25) is 4.79 Å². The number of thioether (sulfide) groups is 1. The molecule has 0 saturated heterocycles. The van der Waals surface area contributed by atoms with E-state index in [0.29, 0.717) is 26.7 Å². The zero-order valence-corrected chi connectivity index (χ0v) is 16.5. The minimum Gasteiger partial charge on any atom is -0.325 e. The Balaban J connectivity index is 1.67. The molecule has 0 spiro atoms. The molecular formula is C18H16Cl2N4OS. The lowest BCUT2D eigenvalue weighted by atomic mass is 10.2. The van der Waals surface area contributed by atoms with Gasteiger partial charge >= 0.3 is 0 Å². The monoisotopic (exact) mass is 406 g/mol. The average Bonchev–Trinajstić information content (AvgIpc) is 2.97. The Morgan fingerprint density at radius 2 is 1.92 bits per heavy atom. The number of hydrogen-bond donors (Lipinski definition) is 1. The van der Waals surface area contributed by atoms with Crippen molar-refractivity contribution in [1.29, 1.82) is 0 Å². The van der Waals surface area contributed by atoms with E-state index in [2.05, 4.69) is 15.5 Å². The van der Waals surface area contributed by atoms with E-state index in [0.717, 1.165) is 11.1 Å². The highest BCUT2D eigenvalue weighted by molar-refractivity contribution is 7.99. The maximum Gasteiger partial charge on any atom is 0.234 e. The number of carbonyl (C=O) groups excluding carboxylic acids is 1. The molecule has 1 aromatic heterocycles. The number of halogens is 2. The molecule has 26 heavy (non-hydrogen) atoms. The number of amides is 1. The Kier molecular flexibility index (Phi) is 5.86. The number of nitrogens with one attached hydrogen (secondary N) is 1. The highest BCUT2D eigenvalue weighted by Gasteiger charge is 2.13. The van der Waals surface area contributed by atoms with Gasteiger partial charge in [-0.05, 0) is 36.8 Å². The number of aromatic nitrogens is 3. The lowest BCUT2D eigenvalue weighted by Gasteiger charge is -2.08. The summed E-state index contributed by atoms with van der Waals surface area (Å²) in [6.07, 6.45) is 0. The van der Waals surface area contributed by atoms with Crippen molar-refractivity contribution in [2.75, 3.05) is 11.1 Å². The molecule has 3 rings (SSSR count). The summed E-state index contributed by atoms with van der Waals surface area (Å²) in [5, 5.41) is 13.1. The van der Waals surface area contributed by atoms with Gasteiger partial charge < -0.3 is 9.88 Å². The van der Waals surface area contributed by atoms with E-state index in [4.69, 9.17) is 23.2 Å². The maximum atomic E-state index is 12.2. The van der Waals surface area contributed by atoms with Crippen LogP contribution in [0.15, 0.2) is 47.6 Å². The number of carbonyl (C=O) groups is 1. The van der Waals surface area contributed by atoms with Gasteiger partial charge in [0.05, 0.1) is 5.75 Å². The molecule has 0 atom stereocenters. The second-order valence-corrected chi connectivity index (χ2v) is 7.49. The number of anilines is 1. The van der Waals surface area contributed by atoms with Crippen molar-refractivity contribution in [3.8, 4) is 11.4 Å². The summed E-state index contributed by atoms with van der Waals surface area (Å²) in [6, 6.07) is 12.8. The van der Waals surface area contributed by atoms with E-state index >= 15 is 0 Å². The zero-order chi connectivity index (χ0) is 18.7. The molecule has 0 radical (unpaired) electrons. The smallest absolute Gasteiger partial charge is 0.234 e. The fourth-order valence-corrected chi connectivity index (χ4v) is 3.44. The van der Waals surface area contributed by atoms with Crippen LogP contribution in [0.5, 0.6) is 0 Å². The van der Waals surface area contributed by atoms with Crippen molar-refractivity contribution >= 4 is 46.6 Å². The van der Waals surface area contributed by atoms with E-state index in [-0.39, 0.29) is 11.7 Å². The summed E-state index contributed by atoms with van der Waals surface area (Å²) in [7, 11) is 1.86. The predicted molar refractivity (Wildman–Crippen MR) is 107 cm³/mol. The molecule has 1 amide bonds. The molecule has 0 aliphatic rings. The van der Waals surface area contributed by atoms with Gasteiger partial charge in [-0.25, -0.2) is 0 Å². The molecule has 3 aromatic rings. The Morgan fingerprint density at radius 3 is 2.69 bits per heavy atom. The first-order valence-electron chi connectivity index (χ1n) is 7.78. The topological polar surface area (TPSA) is 59.8 Å². The zero-order valence-electron chi connectivity index (χ0n) is 14.2. The normalized spacial score (nSPS) is 10.8. The lowest BCUT2D eigenvalue weighted by molar-refractivity contribution is -0.113. The van der Waals surface area contributed by atoms with Crippen molar-refractivity contribution < 1.29 is 4.79 Å². The van der Waals surface area contributed by atoms with Gasteiger partial charge in [-0.15, -0.1) is 10.2 Å². The first-order valence-corrected chi connectivity index (χ1v) is 9.52. The van der Waals surface area contributed by atoms with Crippen LogP contribution in [0.25, 0.3) is 11.4 Å². The summed E-state index contributed by atoms with van der Waals surface area (Å²) in [4.78, 5) is 12.2. The molecule has 134 valence electrons. The van der Waals surface area contributed by atoms with E-state index < -0.39 is 0 Å². The lowest BCUT2D eigenvalue weighted by Crippen LogP contribution is -2.15. The van der Waals surface area contributed by atoms with Crippen molar-refractivity contribution in [1.82, 2.24) is 14.8 Å². The molecule has 5 nitrogen and oxygen atoms in total. The minimum atomic E-state index is -0.132. The van der Waals surface area contributed by atoms with Gasteiger partial charge in [-0.1, -0.05) is 53.2 Å². The van der Waals surface area contributed by atoms with E-state index in [1.165, 1.54) is 11.8 Å². The van der Waals surface area contributed by atoms with Gasteiger partial charge in [-0.2, -0.15) is 0 Å². The highest BCUT2D eigenvalue weighted by Crippen LogP contribution is 2.25. The summed E-state index contributed by atoms with van der Waals surface area (Å²) in [5.74, 6) is 0.779.